The fourth-order valence-electron chi connectivity index (χ4n) is 0. The van der Waals surface area contributed by atoms with Crippen molar-refractivity contribution < 1.29 is 31.7 Å². The van der Waals surface area contributed by atoms with E-state index >= 15 is 0 Å². The van der Waals surface area contributed by atoms with Crippen molar-refractivity contribution in [3.8, 4) is 0 Å². The van der Waals surface area contributed by atoms with Gasteiger partial charge in [-0.3, -0.25) is 0 Å². The van der Waals surface area contributed by atoms with E-state index in [1.165, 1.54) is 0 Å². The second-order valence-corrected chi connectivity index (χ2v) is 0.750. The van der Waals surface area contributed by atoms with Gasteiger partial charge in [-0.15, -0.1) is 0 Å². The predicted molar refractivity (Wildman–Crippen MR) is 9.00 cm³/mol. The van der Waals surface area contributed by atoms with E-state index in [4.69, 9.17) is 14.4 Å². The molecule has 0 saturated heterocycles. The fourth-order valence-corrected chi connectivity index (χ4v) is 0. The average molecular weight is 132 g/mol. The van der Waals surface area contributed by atoms with Crippen LogP contribution in [0, 0.1) is 0 Å². The number of hydrogen-bond acceptors (Lipinski definition) is 3. The van der Waals surface area contributed by atoms with Crippen LogP contribution in [0.25, 0.3) is 0 Å². The maximum atomic E-state index is 8.52. The molecule has 3 nitrogen and oxygen atoms in total. The standard InChI is InChI=1S/Cr.H3O3P/c;1-4(2)3/h;4H,(H2,1,2,3)/q+2;/p-2. The molecule has 0 saturated carbocycles. The molecule has 0 aliphatic carbocycles. The van der Waals surface area contributed by atoms with Crippen molar-refractivity contribution in [2.24, 2.45) is 0 Å². The minimum absolute atomic E-state index is 0. The molecule has 0 amide bonds. The van der Waals surface area contributed by atoms with Gasteiger partial charge in [0.05, 0.1) is 0 Å². The predicted octanol–water partition coefficient (Wildman–Crippen LogP) is -1.91. The molecule has 0 aromatic carbocycles. The summed E-state index contributed by atoms with van der Waals surface area (Å²) < 4.78 is 8.52. The Bertz CT molecular complexity index is 29.9. The van der Waals surface area contributed by atoms with Gasteiger partial charge in [-0.25, -0.2) is 0 Å². The normalized spacial score (nSPS) is 7.00. The van der Waals surface area contributed by atoms with Crippen molar-refractivity contribution in [3.05, 3.63) is 0 Å². The molecule has 0 N–H and O–H groups in total. The molecule has 0 atom stereocenters. The molecule has 0 bridgehead atoms. The minimum atomic E-state index is -3.63. The van der Waals surface area contributed by atoms with Crippen LogP contribution >= 0.6 is 8.25 Å². The number of rotatable bonds is 0. The zero-order valence-electron chi connectivity index (χ0n) is 2.13. The summed E-state index contributed by atoms with van der Waals surface area (Å²) in [5, 5.41) is 0. The molecular weight excluding hydrogens is 131 g/mol. The van der Waals surface area contributed by atoms with Gasteiger partial charge in [-0.05, 0) is 0 Å². The van der Waals surface area contributed by atoms with Gasteiger partial charge >= 0.3 is 17.4 Å². The molecule has 5 heteroatoms. The summed E-state index contributed by atoms with van der Waals surface area (Å²) in [7, 11) is -3.63. The molecule has 30 valence electrons. The third kappa shape index (κ3) is 72.3. The summed E-state index contributed by atoms with van der Waals surface area (Å²) in [6, 6.07) is 0. The van der Waals surface area contributed by atoms with Crippen molar-refractivity contribution in [1.29, 1.82) is 0 Å². The van der Waals surface area contributed by atoms with Crippen molar-refractivity contribution in [2.75, 3.05) is 0 Å². The molecule has 0 heterocycles. The molecule has 0 unspecified atom stereocenters. The SMILES string of the molecule is O=[PH]([O-])[O-].[Cr+2]. The van der Waals surface area contributed by atoms with Crippen molar-refractivity contribution >= 4 is 8.25 Å². The first-order chi connectivity index (χ1) is 1.73. The summed E-state index contributed by atoms with van der Waals surface area (Å²) in [4.78, 5) is 17.0. The van der Waals surface area contributed by atoms with Gasteiger partial charge in [0.15, 0.2) is 0 Å². The van der Waals surface area contributed by atoms with Crippen LogP contribution < -0.4 is 9.79 Å². The van der Waals surface area contributed by atoms with Crippen molar-refractivity contribution in [3.63, 3.8) is 0 Å². The monoisotopic (exact) mass is 132 g/mol. The zero-order valence-corrected chi connectivity index (χ0v) is 4.41. The van der Waals surface area contributed by atoms with Gasteiger partial charge in [-0.2, -0.15) is 0 Å². The Morgan fingerprint density at radius 1 is 1.40 bits per heavy atom. The third-order valence-electron chi connectivity index (χ3n) is 0. The van der Waals surface area contributed by atoms with Crippen LogP contribution in [-0.4, -0.2) is 0 Å². The quantitative estimate of drug-likeness (QED) is 0.361. The van der Waals surface area contributed by atoms with Gasteiger partial charge < -0.3 is 14.4 Å². The van der Waals surface area contributed by atoms with E-state index in [-0.39, 0.29) is 17.4 Å². The molecule has 0 aliphatic rings. The second kappa shape index (κ2) is 4.68. The van der Waals surface area contributed by atoms with Crippen LogP contribution in [0.1, 0.15) is 0 Å². The Kier molecular flexibility index (Phi) is 8.60. The zero-order chi connectivity index (χ0) is 3.58. The van der Waals surface area contributed by atoms with E-state index in [2.05, 4.69) is 0 Å². The Labute approximate surface area is 40.7 Å². The Hall–Kier alpha value is 0.682. The van der Waals surface area contributed by atoms with Crippen LogP contribution in [-0.2, 0) is 21.9 Å². The van der Waals surface area contributed by atoms with Crippen LogP contribution in [0.5, 0.6) is 0 Å². The van der Waals surface area contributed by atoms with E-state index in [0.29, 0.717) is 0 Å². The summed E-state index contributed by atoms with van der Waals surface area (Å²) in [6.45, 7) is 0. The van der Waals surface area contributed by atoms with E-state index in [0.717, 1.165) is 0 Å². The van der Waals surface area contributed by atoms with Gasteiger partial charge in [0, 0.05) is 0 Å². The molecule has 5 heavy (non-hydrogen) atoms. The van der Waals surface area contributed by atoms with Crippen LogP contribution in [0.3, 0.4) is 0 Å². The first kappa shape index (κ1) is 9.19. The molecule has 0 rings (SSSR count). The fraction of sp³-hybridized carbons (Fsp3) is 0. The van der Waals surface area contributed by atoms with Gasteiger partial charge in [-0.1, -0.05) is 8.25 Å². The largest absolute Gasteiger partial charge is 2.00 e. The van der Waals surface area contributed by atoms with Crippen LogP contribution in [0.4, 0.5) is 0 Å². The van der Waals surface area contributed by atoms with Gasteiger partial charge in [0.2, 0.25) is 0 Å². The Morgan fingerprint density at radius 3 is 1.40 bits per heavy atom. The molecule has 0 aromatic rings. The minimum Gasteiger partial charge on any atom is -0.813 e. The summed E-state index contributed by atoms with van der Waals surface area (Å²) in [5.41, 5.74) is 0. The maximum absolute atomic E-state index is 8.52. The maximum Gasteiger partial charge on any atom is 2.00 e. The van der Waals surface area contributed by atoms with Gasteiger partial charge in [0.1, 0.15) is 0 Å². The molecule has 0 aromatic heterocycles. The first-order valence-corrected chi connectivity index (χ1v) is 1.84. The van der Waals surface area contributed by atoms with E-state index < -0.39 is 8.25 Å². The van der Waals surface area contributed by atoms with E-state index in [9.17, 15) is 0 Å². The van der Waals surface area contributed by atoms with Crippen LogP contribution in [0.15, 0.2) is 0 Å². The Balaban J connectivity index is 0. The number of hydrogen-bond donors (Lipinski definition) is 0. The molecule has 0 aliphatic heterocycles. The third-order valence-corrected chi connectivity index (χ3v) is 0. The summed E-state index contributed by atoms with van der Waals surface area (Å²) >= 11 is 0. The Morgan fingerprint density at radius 2 is 1.40 bits per heavy atom. The first-order valence-electron chi connectivity index (χ1n) is 0.612. The van der Waals surface area contributed by atoms with Crippen molar-refractivity contribution in [1.82, 2.24) is 0 Å². The summed E-state index contributed by atoms with van der Waals surface area (Å²) in [5.74, 6) is 0. The second-order valence-electron chi connectivity index (χ2n) is 0.250. The summed E-state index contributed by atoms with van der Waals surface area (Å²) in [6.07, 6.45) is 0. The molecule has 0 spiro atoms. The topological polar surface area (TPSA) is 63.2 Å². The van der Waals surface area contributed by atoms with Crippen molar-refractivity contribution in [2.45, 2.75) is 0 Å². The average Bonchev–Trinajstić information content (AvgIpc) is 0.811. The molecular formula is HCrO3P. The van der Waals surface area contributed by atoms with E-state index in [1.807, 2.05) is 0 Å². The molecule has 0 radical (unpaired) electrons. The van der Waals surface area contributed by atoms with Gasteiger partial charge in [0.25, 0.3) is 0 Å². The smallest absolute Gasteiger partial charge is 0.813 e. The van der Waals surface area contributed by atoms with E-state index in [1.54, 1.807) is 0 Å². The van der Waals surface area contributed by atoms with Crippen LogP contribution in [0.2, 0.25) is 0 Å². The molecule has 0 fully saturated rings.